The predicted molar refractivity (Wildman–Crippen MR) is 117 cm³/mol. The minimum atomic E-state index is -3.32. The first-order valence-corrected chi connectivity index (χ1v) is 11.4. The molecule has 164 valence electrons. The summed E-state index contributed by atoms with van der Waals surface area (Å²) in [5.41, 5.74) is 1.23. The highest BCUT2D eigenvalue weighted by Gasteiger charge is 2.11. The van der Waals surface area contributed by atoms with Gasteiger partial charge in [-0.1, -0.05) is 18.2 Å². The average molecular weight is 454 g/mol. The van der Waals surface area contributed by atoms with Gasteiger partial charge < -0.3 is 9.47 Å². The van der Waals surface area contributed by atoms with E-state index in [1.807, 2.05) is 0 Å². The lowest BCUT2D eigenvalue weighted by Gasteiger charge is -2.12. The van der Waals surface area contributed by atoms with Crippen LogP contribution in [-0.4, -0.2) is 24.9 Å². The van der Waals surface area contributed by atoms with Crippen LogP contribution in [0.15, 0.2) is 82.5 Å². The van der Waals surface area contributed by atoms with Crippen LogP contribution in [0.5, 0.6) is 17.2 Å². The fourth-order valence-electron chi connectivity index (χ4n) is 3.02. The Bertz CT molecular complexity index is 1410. The average Bonchev–Trinajstić information content (AvgIpc) is 3.19. The molecule has 4 aromatic rings. The second-order valence-electron chi connectivity index (χ2n) is 7.09. The van der Waals surface area contributed by atoms with Gasteiger partial charge in [0.05, 0.1) is 10.6 Å². The summed E-state index contributed by atoms with van der Waals surface area (Å²) >= 11 is 0. The van der Waals surface area contributed by atoms with Crippen LogP contribution in [0.4, 0.5) is 4.39 Å². The highest BCUT2D eigenvalue weighted by atomic mass is 32.2. The van der Waals surface area contributed by atoms with Crippen molar-refractivity contribution in [3.05, 3.63) is 94.5 Å². The summed E-state index contributed by atoms with van der Waals surface area (Å²) < 4.78 is 48.9. The number of nitrogens with one attached hydrogen (secondary N) is 2. The topological polar surface area (TPSA) is 101 Å². The van der Waals surface area contributed by atoms with Gasteiger partial charge >= 0.3 is 0 Å². The smallest absolute Gasteiger partial charge is 0.264 e. The number of benzene rings is 3. The Morgan fingerprint density at radius 1 is 0.875 bits per heavy atom. The van der Waals surface area contributed by atoms with E-state index in [-0.39, 0.29) is 22.9 Å². The minimum absolute atomic E-state index is 0.00226. The first-order chi connectivity index (χ1) is 15.3. The van der Waals surface area contributed by atoms with E-state index in [1.54, 1.807) is 48.5 Å². The second-order valence-corrected chi connectivity index (χ2v) is 9.11. The van der Waals surface area contributed by atoms with E-state index >= 15 is 0 Å². The molecule has 0 atom stereocenters. The number of aromatic nitrogens is 2. The predicted octanol–water partition coefficient (Wildman–Crippen LogP) is 4.28. The molecule has 4 rings (SSSR count). The zero-order valence-corrected chi connectivity index (χ0v) is 17.8. The molecule has 0 aliphatic rings. The van der Waals surface area contributed by atoms with E-state index in [2.05, 4.69) is 10.2 Å². The number of ether oxygens (including phenoxy) is 2. The van der Waals surface area contributed by atoms with Crippen molar-refractivity contribution in [3.63, 3.8) is 0 Å². The Kier molecular flexibility index (Phi) is 5.83. The van der Waals surface area contributed by atoms with E-state index < -0.39 is 9.84 Å². The molecule has 0 saturated heterocycles. The molecule has 1 aromatic heterocycles. The monoisotopic (exact) mass is 454 g/mol. The normalized spacial score (nSPS) is 11.3. The van der Waals surface area contributed by atoms with Crippen LogP contribution in [0.2, 0.25) is 0 Å². The van der Waals surface area contributed by atoms with Gasteiger partial charge in [-0.15, -0.1) is 0 Å². The van der Waals surface area contributed by atoms with Gasteiger partial charge in [-0.05, 0) is 42.5 Å². The zero-order chi connectivity index (χ0) is 22.7. The van der Waals surface area contributed by atoms with E-state index in [0.29, 0.717) is 34.1 Å². The fraction of sp³-hybridized carbons (Fsp3) is 0.0870. The Balaban J connectivity index is 1.64. The maximum Gasteiger partial charge on any atom is 0.264 e. The molecule has 0 aliphatic heterocycles. The third-order valence-corrected chi connectivity index (χ3v) is 5.76. The standard InChI is InChI=1S/C23H19FN2O5S/c1-32(28,29)20-8-6-17(7-9-20)31-19-11-16(22-13-23(27)26-25-22)10-18(12-19)30-14-15-4-2-3-5-21(15)24/h2-13H,14H2,1H3,(H2,25,26,27). The van der Waals surface area contributed by atoms with Gasteiger partial charge in [-0.25, -0.2) is 12.8 Å². The number of rotatable bonds is 7. The Labute approximate surface area is 183 Å². The molecule has 9 heteroatoms. The molecular formula is C23H19FN2O5S. The molecule has 0 aliphatic carbocycles. The van der Waals surface area contributed by atoms with E-state index in [9.17, 15) is 17.6 Å². The van der Waals surface area contributed by atoms with Crippen molar-refractivity contribution >= 4 is 9.84 Å². The van der Waals surface area contributed by atoms with E-state index in [4.69, 9.17) is 9.47 Å². The van der Waals surface area contributed by atoms with Gasteiger partial charge in [0.1, 0.15) is 29.7 Å². The maximum absolute atomic E-state index is 13.9. The summed E-state index contributed by atoms with van der Waals surface area (Å²) in [6.45, 7) is 0.00226. The number of sulfone groups is 1. The summed E-state index contributed by atoms with van der Waals surface area (Å²) in [7, 11) is -3.32. The van der Waals surface area contributed by atoms with Crippen molar-refractivity contribution in [1.82, 2.24) is 10.2 Å². The Hall–Kier alpha value is -3.85. The first kappa shape index (κ1) is 21.4. The van der Waals surface area contributed by atoms with Gasteiger partial charge in [0.25, 0.3) is 5.56 Å². The van der Waals surface area contributed by atoms with Crippen molar-refractivity contribution in [1.29, 1.82) is 0 Å². The zero-order valence-electron chi connectivity index (χ0n) is 17.0. The molecule has 0 unspecified atom stereocenters. The molecule has 0 spiro atoms. The van der Waals surface area contributed by atoms with E-state index in [1.165, 1.54) is 24.3 Å². The summed E-state index contributed by atoms with van der Waals surface area (Å²) in [4.78, 5) is 11.7. The van der Waals surface area contributed by atoms with Crippen LogP contribution in [0.3, 0.4) is 0 Å². The van der Waals surface area contributed by atoms with Crippen molar-refractivity contribution in [2.75, 3.05) is 6.26 Å². The Morgan fingerprint density at radius 3 is 2.25 bits per heavy atom. The van der Waals surface area contributed by atoms with Crippen LogP contribution in [0.25, 0.3) is 11.3 Å². The summed E-state index contributed by atoms with van der Waals surface area (Å²) in [6, 6.07) is 18.7. The molecule has 3 aromatic carbocycles. The summed E-state index contributed by atoms with van der Waals surface area (Å²) in [6.07, 6.45) is 1.13. The first-order valence-electron chi connectivity index (χ1n) is 9.55. The van der Waals surface area contributed by atoms with Crippen LogP contribution in [0.1, 0.15) is 5.56 Å². The lowest BCUT2D eigenvalue weighted by Crippen LogP contribution is -1.99. The lowest BCUT2D eigenvalue weighted by atomic mass is 10.1. The van der Waals surface area contributed by atoms with Crippen LogP contribution in [-0.2, 0) is 16.4 Å². The van der Waals surface area contributed by atoms with E-state index in [0.717, 1.165) is 6.26 Å². The lowest BCUT2D eigenvalue weighted by molar-refractivity contribution is 0.298. The van der Waals surface area contributed by atoms with Crippen molar-refractivity contribution < 1.29 is 22.3 Å². The SMILES string of the molecule is CS(=O)(=O)c1ccc(Oc2cc(OCc3ccccc3F)cc(-c3cc(=O)[nH][nH]3)c2)cc1. The molecule has 0 amide bonds. The van der Waals surface area contributed by atoms with Crippen molar-refractivity contribution in [3.8, 4) is 28.5 Å². The summed E-state index contributed by atoms with van der Waals surface area (Å²) in [5, 5.41) is 5.24. The number of halogens is 1. The van der Waals surface area contributed by atoms with Crippen molar-refractivity contribution in [2.24, 2.45) is 0 Å². The summed E-state index contributed by atoms with van der Waals surface area (Å²) in [5.74, 6) is 0.828. The highest BCUT2D eigenvalue weighted by Crippen LogP contribution is 2.32. The van der Waals surface area contributed by atoms with Crippen LogP contribution in [0, 0.1) is 5.82 Å². The third kappa shape index (κ3) is 5.06. The number of H-pyrrole nitrogens is 2. The molecular weight excluding hydrogens is 435 g/mol. The second kappa shape index (κ2) is 8.72. The molecule has 2 N–H and O–H groups in total. The van der Waals surface area contributed by atoms with Gasteiger partial charge in [0, 0.05) is 29.5 Å². The quantitative estimate of drug-likeness (QED) is 0.434. The van der Waals surface area contributed by atoms with Gasteiger partial charge in [-0.2, -0.15) is 0 Å². The molecule has 7 nitrogen and oxygen atoms in total. The van der Waals surface area contributed by atoms with Gasteiger partial charge in [-0.3, -0.25) is 15.0 Å². The number of aromatic amines is 2. The number of hydrogen-bond donors (Lipinski definition) is 2. The third-order valence-electron chi connectivity index (χ3n) is 4.63. The van der Waals surface area contributed by atoms with Gasteiger partial charge in [0.2, 0.25) is 0 Å². The molecule has 0 fully saturated rings. The molecule has 0 bridgehead atoms. The van der Waals surface area contributed by atoms with Gasteiger partial charge in [0.15, 0.2) is 9.84 Å². The largest absolute Gasteiger partial charge is 0.489 e. The number of hydrogen-bond acceptors (Lipinski definition) is 5. The fourth-order valence-corrected chi connectivity index (χ4v) is 3.66. The minimum Gasteiger partial charge on any atom is -0.489 e. The highest BCUT2D eigenvalue weighted by molar-refractivity contribution is 7.90. The molecule has 1 heterocycles. The molecule has 0 saturated carbocycles. The Morgan fingerprint density at radius 2 is 1.59 bits per heavy atom. The van der Waals surface area contributed by atoms with Crippen LogP contribution >= 0.6 is 0 Å². The molecule has 0 radical (unpaired) electrons. The molecule has 32 heavy (non-hydrogen) atoms. The van der Waals surface area contributed by atoms with Crippen LogP contribution < -0.4 is 15.0 Å². The maximum atomic E-state index is 13.9. The van der Waals surface area contributed by atoms with Crippen molar-refractivity contribution in [2.45, 2.75) is 11.5 Å².